The molecule has 0 fully saturated rings. The molecule has 2 aromatic carbocycles. The standard InChI is InChI=1S/C20H17N3O4/c1-13(24)21-18-12-17(19(25)14-6-4-3-5-7-14)22-23(20(18)26)15-8-10-16(27-2)11-9-15/h3-12H,1-2H3,(H,21,24). The molecule has 7 nitrogen and oxygen atoms in total. The minimum atomic E-state index is -0.542. The van der Waals surface area contributed by atoms with Crippen LogP contribution < -0.4 is 15.6 Å². The molecule has 0 aliphatic carbocycles. The zero-order valence-corrected chi connectivity index (χ0v) is 14.8. The van der Waals surface area contributed by atoms with E-state index in [1.807, 2.05) is 0 Å². The molecule has 136 valence electrons. The lowest BCUT2D eigenvalue weighted by Crippen LogP contribution is -2.28. The van der Waals surface area contributed by atoms with E-state index < -0.39 is 11.5 Å². The Balaban J connectivity index is 2.15. The molecule has 0 bridgehead atoms. The van der Waals surface area contributed by atoms with E-state index in [1.165, 1.54) is 20.1 Å². The van der Waals surface area contributed by atoms with Gasteiger partial charge in [0.05, 0.1) is 12.8 Å². The Labute approximate surface area is 155 Å². The van der Waals surface area contributed by atoms with E-state index in [-0.39, 0.29) is 17.2 Å². The zero-order valence-electron chi connectivity index (χ0n) is 14.8. The van der Waals surface area contributed by atoms with Gasteiger partial charge >= 0.3 is 0 Å². The van der Waals surface area contributed by atoms with E-state index in [2.05, 4.69) is 10.4 Å². The summed E-state index contributed by atoms with van der Waals surface area (Å²) in [6.07, 6.45) is 0. The van der Waals surface area contributed by atoms with E-state index in [0.717, 1.165) is 4.68 Å². The van der Waals surface area contributed by atoms with Crippen LogP contribution in [0.4, 0.5) is 5.69 Å². The number of methoxy groups -OCH3 is 1. The van der Waals surface area contributed by atoms with Gasteiger partial charge in [-0.3, -0.25) is 14.4 Å². The van der Waals surface area contributed by atoms with Gasteiger partial charge in [-0.05, 0) is 30.3 Å². The molecule has 3 aromatic rings. The van der Waals surface area contributed by atoms with Crippen molar-refractivity contribution in [1.29, 1.82) is 0 Å². The number of nitrogens with one attached hydrogen (secondary N) is 1. The number of hydrogen-bond donors (Lipinski definition) is 1. The molecule has 0 radical (unpaired) electrons. The third kappa shape index (κ3) is 3.92. The van der Waals surface area contributed by atoms with E-state index in [4.69, 9.17) is 4.74 Å². The maximum absolute atomic E-state index is 12.8. The van der Waals surface area contributed by atoms with Gasteiger partial charge in [-0.2, -0.15) is 9.78 Å². The van der Waals surface area contributed by atoms with Gasteiger partial charge in [0.25, 0.3) is 5.56 Å². The number of anilines is 1. The summed E-state index contributed by atoms with van der Waals surface area (Å²) in [5.74, 6) is -0.160. The van der Waals surface area contributed by atoms with Crippen molar-refractivity contribution >= 4 is 17.4 Å². The monoisotopic (exact) mass is 363 g/mol. The van der Waals surface area contributed by atoms with Crippen molar-refractivity contribution in [3.63, 3.8) is 0 Å². The third-order valence-corrected chi connectivity index (χ3v) is 3.81. The van der Waals surface area contributed by atoms with Gasteiger partial charge in [0, 0.05) is 12.5 Å². The molecule has 1 aromatic heterocycles. The van der Waals surface area contributed by atoms with Gasteiger partial charge in [0.2, 0.25) is 11.7 Å². The maximum atomic E-state index is 12.8. The number of carbonyl (C=O) groups excluding carboxylic acids is 2. The maximum Gasteiger partial charge on any atom is 0.295 e. The van der Waals surface area contributed by atoms with E-state index in [0.29, 0.717) is 17.0 Å². The fourth-order valence-corrected chi connectivity index (χ4v) is 2.52. The minimum absolute atomic E-state index is 0.0207. The molecule has 0 aliphatic heterocycles. The van der Waals surface area contributed by atoms with Crippen LogP contribution in [0, 0.1) is 0 Å². The van der Waals surface area contributed by atoms with Crippen molar-refractivity contribution in [2.24, 2.45) is 0 Å². The quantitative estimate of drug-likeness (QED) is 0.703. The summed E-state index contributed by atoms with van der Waals surface area (Å²) in [5.41, 5.74) is 0.349. The summed E-state index contributed by atoms with van der Waals surface area (Å²) in [6, 6.07) is 16.5. The number of rotatable bonds is 5. The summed E-state index contributed by atoms with van der Waals surface area (Å²) < 4.78 is 6.20. The number of aromatic nitrogens is 2. The summed E-state index contributed by atoms with van der Waals surface area (Å²) in [6.45, 7) is 1.29. The lowest BCUT2D eigenvalue weighted by molar-refractivity contribution is -0.114. The summed E-state index contributed by atoms with van der Waals surface area (Å²) >= 11 is 0. The number of ether oxygens (including phenoxy) is 1. The predicted molar refractivity (Wildman–Crippen MR) is 101 cm³/mol. The molecule has 1 N–H and O–H groups in total. The van der Waals surface area contributed by atoms with Crippen molar-refractivity contribution in [2.45, 2.75) is 6.92 Å². The van der Waals surface area contributed by atoms with Gasteiger partial charge in [0.15, 0.2) is 0 Å². The molecule has 7 heteroatoms. The Bertz CT molecular complexity index is 1040. The molecule has 1 amide bonds. The first-order valence-electron chi connectivity index (χ1n) is 8.15. The van der Waals surface area contributed by atoms with Crippen LogP contribution in [0.3, 0.4) is 0 Å². The zero-order chi connectivity index (χ0) is 19.4. The molecule has 0 aliphatic rings. The number of ketones is 1. The molecule has 0 atom stereocenters. The largest absolute Gasteiger partial charge is 0.497 e. The highest BCUT2D eigenvalue weighted by molar-refractivity contribution is 6.08. The van der Waals surface area contributed by atoms with Crippen molar-refractivity contribution < 1.29 is 14.3 Å². The summed E-state index contributed by atoms with van der Waals surface area (Å²) in [4.78, 5) is 36.9. The van der Waals surface area contributed by atoms with Crippen molar-refractivity contribution in [1.82, 2.24) is 9.78 Å². The second-order valence-electron chi connectivity index (χ2n) is 5.73. The van der Waals surface area contributed by atoms with Crippen LogP contribution >= 0.6 is 0 Å². The Morgan fingerprint density at radius 2 is 1.70 bits per heavy atom. The highest BCUT2D eigenvalue weighted by Gasteiger charge is 2.17. The molecule has 0 spiro atoms. The Morgan fingerprint density at radius 3 is 2.30 bits per heavy atom. The van der Waals surface area contributed by atoms with Crippen LogP contribution in [-0.4, -0.2) is 28.6 Å². The normalized spacial score (nSPS) is 10.3. The average Bonchev–Trinajstić information content (AvgIpc) is 2.69. The highest BCUT2D eigenvalue weighted by Crippen LogP contribution is 2.15. The van der Waals surface area contributed by atoms with Crippen molar-refractivity contribution in [3.8, 4) is 11.4 Å². The van der Waals surface area contributed by atoms with Crippen LogP contribution in [0.25, 0.3) is 5.69 Å². The second kappa shape index (κ2) is 7.65. The third-order valence-electron chi connectivity index (χ3n) is 3.81. The number of amides is 1. The lowest BCUT2D eigenvalue weighted by atomic mass is 10.1. The Kier molecular flexibility index (Phi) is 5.12. The van der Waals surface area contributed by atoms with E-state index in [9.17, 15) is 14.4 Å². The van der Waals surface area contributed by atoms with Gasteiger partial charge in [-0.1, -0.05) is 30.3 Å². The van der Waals surface area contributed by atoms with Crippen LogP contribution in [0.15, 0.2) is 65.5 Å². The predicted octanol–water partition coefficient (Wildman–Crippen LogP) is 2.43. The van der Waals surface area contributed by atoms with Gasteiger partial charge < -0.3 is 10.1 Å². The average molecular weight is 363 g/mol. The Hall–Kier alpha value is -3.74. The Morgan fingerprint density at radius 1 is 1.04 bits per heavy atom. The minimum Gasteiger partial charge on any atom is -0.497 e. The molecule has 0 saturated heterocycles. The van der Waals surface area contributed by atoms with Crippen molar-refractivity contribution in [2.75, 3.05) is 12.4 Å². The van der Waals surface area contributed by atoms with E-state index >= 15 is 0 Å². The second-order valence-corrected chi connectivity index (χ2v) is 5.73. The van der Waals surface area contributed by atoms with Crippen molar-refractivity contribution in [3.05, 3.63) is 82.3 Å². The number of benzene rings is 2. The molecule has 3 rings (SSSR count). The highest BCUT2D eigenvalue weighted by atomic mass is 16.5. The lowest BCUT2D eigenvalue weighted by Gasteiger charge is -2.11. The summed E-state index contributed by atoms with van der Waals surface area (Å²) in [7, 11) is 1.54. The molecule has 1 heterocycles. The molecular formula is C20H17N3O4. The number of carbonyl (C=O) groups is 2. The molecule has 0 unspecified atom stereocenters. The topological polar surface area (TPSA) is 90.3 Å². The first kappa shape index (κ1) is 18.1. The van der Waals surface area contributed by atoms with E-state index in [1.54, 1.807) is 54.6 Å². The fourth-order valence-electron chi connectivity index (χ4n) is 2.52. The fraction of sp³-hybridized carbons (Fsp3) is 0.100. The first-order valence-corrected chi connectivity index (χ1v) is 8.15. The SMILES string of the molecule is COc1ccc(-n2nc(C(=O)c3ccccc3)cc(NC(C)=O)c2=O)cc1. The number of nitrogens with zero attached hydrogens (tertiary/aromatic N) is 2. The first-order chi connectivity index (χ1) is 13.0. The van der Waals surface area contributed by atoms with Gasteiger partial charge in [0.1, 0.15) is 17.1 Å². The van der Waals surface area contributed by atoms with Gasteiger partial charge in [-0.15, -0.1) is 0 Å². The van der Waals surface area contributed by atoms with Crippen LogP contribution in [0.2, 0.25) is 0 Å². The summed E-state index contributed by atoms with van der Waals surface area (Å²) in [5, 5.41) is 6.67. The van der Waals surface area contributed by atoms with Crippen LogP contribution in [-0.2, 0) is 4.79 Å². The van der Waals surface area contributed by atoms with Gasteiger partial charge in [-0.25, -0.2) is 0 Å². The number of hydrogen-bond acceptors (Lipinski definition) is 5. The smallest absolute Gasteiger partial charge is 0.295 e. The van der Waals surface area contributed by atoms with Crippen LogP contribution in [0.5, 0.6) is 5.75 Å². The van der Waals surface area contributed by atoms with Crippen LogP contribution in [0.1, 0.15) is 23.0 Å². The molecular weight excluding hydrogens is 346 g/mol. The molecule has 0 saturated carbocycles. The molecule has 27 heavy (non-hydrogen) atoms.